The van der Waals surface area contributed by atoms with Gasteiger partial charge in [-0.3, -0.25) is 24.1 Å². The Morgan fingerprint density at radius 1 is 1.00 bits per heavy atom. The summed E-state index contributed by atoms with van der Waals surface area (Å²) < 4.78 is 6.11. The number of ether oxygens (including phenoxy) is 1. The average molecular weight is 421 g/mol. The Kier molecular flexibility index (Phi) is 5.22. The molecule has 0 fully saturated rings. The van der Waals surface area contributed by atoms with Crippen LogP contribution in [0.1, 0.15) is 47.9 Å². The number of hydrogen-bond donors (Lipinski definition) is 0. The van der Waals surface area contributed by atoms with Gasteiger partial charge in [0.15, 0.2) is 6.61 Å². The molecular weight excluding hydrogens is 402 g/mol. The van der Waals surface area contributed by atoms with E-state index >= 15 is 0 Å². The van der Waals surface area contributed by atoms with Crippen molar-refractivity contribution in [3.8, 4) is 0 Å². The van der Waals surface area contributed by atoms with E-state index in [9.17, 15) is 19.2 Å². The Hall–Kier alpha value is -3.32. The fourth-order valence-corrected chi connectivity index (χ4v) is 4.67. The SMILES string of the molecule is Cc1ccc2c(c1)C(=O)N(CCC(=O)OCC(=O)c1sc3ccccc3c1C)C2=O. The minimum Gasteiger partial charge on any atom is -0.457 e. The van der Waals surface area contributed by atoms with Crippen LogP contribution in [-0.4, -0.2) is 41.6 Å². The van der Waals surface area contributed by atoms with E-state index in [1.165, 1.54) is 11.3 Å². The molecule has 1 aliphatic rings. The van der Waals surface area contributed by atoms with Gasteiger partial charge in [-0.15, -0.1) is 11.3 Å². The van der Waals surface area contributed by atoms with E-state index in [0.717, 1.165) is 26.1 Å². The first-order valence-electron chi connectivity index (χ1n) is 9.50. The molecule has 0 aliphatic carbocycles. The molecule has 0 unspecified atom stereocenters. The Balaban J connectivity index is 1.34. The van der Waals surface area contributed by atoms with Gasteiger partial charge in [-0.2, -0.15) is 0 Å². The van der Waals surface area contributed by atoms with E-state index in [2.05, 4.69) is 0 Å². The van der Waals surface area contributed by atoms with Crippen molar-refractivity contribution in [2.24, 2.45) is 0 Å². The lowest BCUT2D eigenvalue weighted by molar-refractivity contribution is -0.142. The van der Waals surface area contributed by atoms with Gasteiger partial charge in [-0.05, 0) is 43.0 Å². The van der Waals surface area contributed by atoms with E-state index in [1.807, 2.05) is 38.1 Å². The largest absolute Gasteiger partial charge is 0.457 e. The average Bonchev–Trinajstić information content (AvgIpc) is 3.19. The van der Waals surface area contributed by atoms with E-state index in [4.69, 9.17) is 4.74 Å². The van der Waals surface area contributed by atoms with Crippen molar-refractivity contribution in [1.82, 2.24) is 4.90 Å². The molecule has 0 N–H and O–H groups in total. The van der Waals surface area contributed by atoms with Crippen LogP contribution in [0.4, 0.5) is 0 Å². The maximum atomic E-state index is 12.5. The lowest BCUT2D eigenvalue weighted by Crippen LogP contribution is -2.32. The Morgan fingerprint density at radius 2 is 1.73 bits per heavy atom. The number of Topliss-reactive ketones (excluding diaryl/α,β-unsaturated/α-hetero) is 1. The number of aryl methyl sites for hydroxylation is 2. The number of hydrogen-bond acceptors (Lipinski definition) is 6. The molecule has 2 amide bonds. The van der Waals surface area contributed by atoms with Gasteiger partial charge < -0.3 is 4.74 Å². The number of rotatable bonds is 6. The van der Waals surface area contributed by atoms with Crippen molar-refractivity contribution in [2.75, 3.05) is 13.2 Å². The van der Waals surface area contributed by atoms with Gasteiger partial charge in [0, 0.05) is 11.2 Å². The van der Waals surface area contributed by atoms with Crippen molar-refractivity contribution in [2.45, 2.75) is 20.3 Å². The van der Waals surface area contributed by atoms with Gasteiger partial charge in [0.1, 0.15) is 0 Å². The molecule has 30 heavy (non-hydrogen) atoms. The number of esters is 1. The number of imide groups is 1. The third-order valence-corrected chi connectivity index (χ3v) is 6.44. The second-order valence-corrected chi connectivity index (χ2v) is 8.25. The van der Waals surface area contributed by atoms with E-state index < -0.39 is 17.8 Å². The molecule has 4 rings (SSSR count). The lowest BCUT2D eigenvalue weighted by atomic mass is 10.1. The second-order valence-electron chi connectivity index (χ2n) is 7.20. The minimum absolute atomic E-state index is 0.0830. The zero-order valence-electron chi connectivity index (χ0n) is 16.6. The number of amides is 2. The fourth-order valence-electron chi connectivity index (χ4n) is 3.53. The highest BCUT2D eigenvalue weighted by Crippen LogP contribution is 2.31. The summed E-state index contributed by atoms with van der Waals surface area (Å²) in [5.41, 5.74) is 2.45. The maximum absolute atomic E-state index is 12.5. The van der Waals surface area contributed by atoms with Crippen molar-refractivity contribution < 1.29 is 23.9 Å². The summed E-state index contributed by atoms with van der Waals surface area (Å²) in [6.07, 6.45) is -0.164. The molecule has 6 nitrogen and oxygen atoms in total. The molecule has 1 aliphatic heterocycles. The van der Waals surface area contributed by atoms with Gasteiger partial charge in [0.2, 0.25) is 5.78 Å². The first kappa shape index (κ1) is 20.0. The summed E-state index contributed by atoms with van der Waals surface area (Å²) in [5, 5.41) is 1.01. The van der Waals surface area contributed by atoms with Gasteiger partial charge in [0.25, 0.3) is 11.8 Å². The number of benzene rings is 2. The zero-order valence-corrected chi connectivity index (χ0v) is 17.4. The van der Waals surface area contributed by atoms with Crippen LogP contribution in [0.15, 0.2) is 42.5 Å². The quantitative estimate of drug-likeness (QED) is 0.342. The van der Waals surface area contributed by atoms with E-state index in [1.54, 1.807) is 18.2 Å². The Morgan fingerprint density at radius 3 is 2.50 bits per heavy atom. The summed E-state index contributed by atoms with van der Waals surface area (Å²) in [5.74, 6) is -1.73. The molecule has 0 bridgehead atoms. The normalized spacial score (nSPS) is 13.1. The third-order valence-electron chi connectivity index (χ3n) is 5.13. The highest BCUT2D eigenvalue weighted by atomic mass is 32.1. The number of fused-ring (bicyclic) bond motifs is 2. The summed E-state index contributed by atoms with van der Waals surface area (Å²) in [7, 11) is 0. The first-order chi connectivity index (χ1) is 14.4. The third kappa shape index (κ3) is 3.52. The number of carbonyl (C=O) groups is 4. The van der Waals surface area contributed by atoms with Crippen molar-refractivity contribution in [3.05, 3.63) is 69.6 Å². The van der Waals surface area contributed by atoms with Crippen LogP contribution in [0.3, 0.4) is 0 Å². The number of ketones is 1. The van der Waals surface area contributed by atoms with Gasteiger partial charge in [0.05, 0.1) is 22.4 Å². The predicted octanol–water partition coefficient (Wildman–Crippen LogP) is 3.93. The molecule has 0 saturated heterocycles. The van der Waals surface area contributed by atoms with Crippen LogP contribution in [-0.2, 0) is 9.53 Å². The monoisotopic (exact) mass is 421 g/mol. The second kappa shape index (κ2) is 7.84. The zero-order chi connectivity index (χ0) is 21.4. The van der Waals surface area contributed by atoms with Crippen LogP contribution < -0.4 is 0 Å². The predicted molar refractivity (Wildman–Crippen MR) is 113 cm³/mol. The number of thiophene rings is 1. The van der Waals surface area contributed by atoms with Crippen molar-refractivity contribution >= 4 is 45.0 Å². The van der Waals surface area contributed by atoms with E-state index in [0.29, 0.717) is 16.0 Å². The van der Waals surface area contributed by atoms with Gasteiger partial charge in [-0.25, -0.2) is 0 Å². The molecule has 0 spiro atoms. The summed E-state index contributed by atoms with van der Waals surface area (Å²) in [4.78, 5) is 51.1. The fraction of sp³-hybridized carbons (Fsp3) is 0.217. The topological polar surface area (TPSA) is 80.8 Å². The molecule has 7 heteroatoms. The minimum atomic E-state index is -0.630. The number of nitrogens with zero attached hydrogens (tertiary/aromatic N) is 1. The van der Waals surface area contributed by atoms with Crippen LogP contribution in [0, 0.1) is 13.8 Å². The first-order valence-corrected chi connectivity index (χ1v) is 10.3. The maximum Gasteiger partial charge on any atom is 0.308 e. The summed E-state index contributed by atoms with van der Waals surface area (Å²) >= 11 is 1.37. The number of carbonyl (C=O) groups excluding carboxylic acids is 4. The standard InChI is InChI=1S/C23H19NO5S/c1-13-7-8-16-17(11-13)23(28)24(22(16)27)10-9-20(26)29-12-18(25)21-14(2)15-5-3-4-6-19(15)30-21/h3-8,11H,9-10,12H2,1-2H3. The molecular formula is C23H19NO5S. The Bertz CT molecular complexity index is 1210. The molecule has 152 valence electrons. The molecule has 2 aromatic carbocycles. The molecule has 3 aromatic rings. The van der Waals surface area contributed by atoms with Gasteiger partial charge >= 0.3 is 5.97 Å². The van der Waals surface area contributed by atoms with Crippen LogP contribution >= 0.6 is 11.3 Å². The molecule has 0 radical (unpaired) electrons. The van der Waals surface area contributed by atoms with Crippen LogP contribution in [0.2, 0.25) is 0 Å². The highest BCUT2D eigenvalue weighted by Gasteiger charge is 2.35. The molecule has 0 atom stereocenters. The Labute approximate surface area is 177 Å². The molecule has 0 saturated carbocycles. The van der Waals surface area contributed by atoms with Crippen LogP contribution in [0.25, 0.3) is 10.1 Å². The summed E-state index contributed by atoms with van der Waals surface area (Å²) in [6.45, 7) is 3.26. The van der Waals surface area contributed by atoms with Crippen molar-refractivity contribution in [3.63, 3.8) is 0 Å². The summed E-state index contributed by atoms with van der Waals surface area (Å²) in [6, 6.07) is 12.8. The van der Waals surface area contributed by atoms with Crippen LogP contribution in [0.5, 0.6) is 0 Å². The molecule has 1 aromatic heterocycles. The highest BCUT2D eigenvalue weighted by molar-refractivity contribution is 7.21. The van der Waals surface area contributed by atoms with Gasteiger partial charge in [-0.1, -0.05) is 29.8 Å². The van der Waals surface area contributed by atoms with E-state index in [-0.39, 0.29) is 25.4 Å². The van der Waals surface area contributed by atoms with Crippen molar-refractivity contribution in [1.29, 1.82) is 0 Å². The lowest BCUT2D eigenvalue weighted by Gasteiger charge is -2.13. The molecule has 2 heterocycles. The smallest absolute Gasteiger partial charge is 0.308 e.